The van der Waals surface area contributed by atoms with Crippen LogP contribution in [0.2, 0.25) is 0 Å². The van der Waals surface area contributed by atoms with Crippen molar-refractivity contribution in [3.63, 3.8) is 0 Å². The summed E-state index contributed by atoms with van der Waals surface area (Å²) in [4.78, 5) is 48.2. The molecule has 37 heavy (non-hydrogen) atoms. The first-order valence-corrected chi connectivity index (χ1v) is 11.5. The van der Waals surface area contributed by atoms with Crippen LogP contribution in [0, 0.1) is 5.82 Å². The molecule has 0 spiro atoms. The van der Waals surface area contributed by atoms with E-state index in [0.29, 0.717) is 11.3 Å². The molecule has 190 valence electrons. The summed E-state index contributed by atoms with van der Waals surface area (Å²) in [5.41, 5.74) is 0.248. The van der Waals surface area contributed by atoms with Crippen molar-refractivity contribution in [1.82, 2.24) is 10.3 Å². The highest BCUT2D eigenvalue weighted by molar-refractivity contribution is 6.20. The van der Waals surface area contributed by atoms with Gasteiger partial charge in [-0.2, -0.15) is 0 Å². The molecular formula is C27H25FN4O5. The number of pyridine rings is 1. The predicted octanol–water partition coefficient (Wildman–Crippen LogP) is 4.15. The topological polar surface area (TPSA) is 121 Å². The molecule has 0 saturated heterocycles. The number of carbonyl (C=O) groups excluding carboxylic acids is 2. The number of halogens is 1. The van der Waals surface area contributed by atoms with Crippen LogP contribution < -0.4 is 10.2 Å². The minimum Gasteiger partial charge on any atom is -0.478 e. The molecule has 3 aromatic rings. The number of carboxylic acid groups (broad SMARTS) is 1. The standard InChI is InChI=1S/C27H25FN4O5/c1-27(2,3)37-26(36)31-23-24(33)32(15-20-17(25(34)35)11-8-14-29-20)21-13-7-5-10-18(21)22(30-23)16-9-4-6-12-19(16)28/h4-14,23H,15H2,1-3H3,(H,31,36)(H,34,35)/t23-/m1/s1. The van der Waals surface area contributed by atoms with E-state index in [4.69, 9.17) is 4.74 Å². The van der Waals surface area contributed by atoms with Gasteiger partial charge in [0, 0.05) is 17.3 Å². The van der Waals surface area contributed by atoms with Crippen molar-refractivity contribution in [3.05, 3.63) is 95.1 Å². The second-order valence-electron chi connectivity index (χ2n) is 9.25. The number of aromatic carboxylic acids is 1. The molecule has 2 heterocycles. The molecule has 0 unspecified atom stereocenters. The Kier molecular flexibility index (Phi) is 7.01. The molecule has 0 aliphatic carbocycles. The number of para-hydroxylation sites is 1. The molecule has 2 N–H and O–H groups in total. The van der Waals surface area contributed by atoms with E-state index in [-0.39, 0.29) is 29.1 Å². The molecule has 2 amide bonds. The number of anilines is 1. The number of alkyl carbamates (subject to hydrolysis) is 1. The first-order chi connectivity index (χ1) is 17.5. The molecule has 1 aliphatic rings. The summed E-state index contributed by atoms with van der Waals surface area (Å²) in [6, 6.07) is 15.6. The van der Waals surface area contributed by atoms with Crippen LogP contribution >= 0.6 is 0 Å². The largest absolute Gasteiger partial charge is 0.478 e. The SMILES string of the molecule is CC(C)(C)OC(=O)N[C@H]1N=C(c2ccccc2F)c2ccccc2N(Cc2ncccc2C(=O)O)C1=O. The molecule has 1 aliphatic heterocycles. The van der Waals surface area contributed by atoms with Crippen LogP contribution in [0.25, 0.3) is 0 Å². The molecule has 4 rings (SSSR count). The fraction of sp³-hybridized carbons (Fsp3) is 0.222. The summed E-state index contributed by atoms with van der Waals surface area (Å²) in [5, 5.41) is 12.1. The van der Waals surface area contributed by atoms with E-state index in [1.54, 1.807) is 51.1 Å². The zero-order valence-corrected chi connectivity index (χ0v) is 20.4. The average Bonchev–Trinajstić information content (AvgIpc) is 2.94. The highest BCUT2D eigenvalue weighted by Crippen LogP contribution is 2.30. The van der Waals surface area contributed by atoms with E-state index in [1.807, 2.05) is 0 Å². The number of hydrogen-bond donors (Lipinski definition) is 2. The van der Waals surface area contributed by atoms with Gasteiger partial charge in [0.1, 0.15) is 11.4 Å². The smallest absolute Gasteiger partial charge is 0.409 e. The average molecular weight is 505 g/mol. The van der Waals surface area contributed by atoms with Crippen molar-refractivity contribution in [2.45, 2.75) is 39.1 Å². The van der Waals surface area contributed by atoms with Crippen molar-refractivity contribution in [2.24, 2.45) is 4.99 Å². The number of hydrogen-bond acceptors (Lipinski definition) is 6. The Morgan fingerprint density at radius 2 is 1.73 bits per heavy atom. The molecule has 9 nitrogen and oxygen atoms in total. The zero-order chi connectivity index (χ0) is 26.7. The van der Waals surface area contributed by atoms with Crippen LogP contribution in [0.4, 0.5) is 14.9 Å². The van der Waals surface area contributed by atoms with Crippen molar-refractivity contribution in [1.29, 1.82) is 0 Å². The lowest BCUT2D eigenvalue weighted by molar-refractivity contribution is -0.120. The third-order valence-electron chi connectivity index (χ3n) is 5.42. The normalized spacial score (nSPS) is 15.4. The maximum Gasteiger partial charge on any atom is 0.409 e. The van der Waals surface area contributed by atoms with E-state index in [9.17, 15) is 23.9 Å². The molecule has 2 aromatic carbocycles. The molecule has 1 aromatic heterocycles. The van der Waals surface area contributed by atoms with E-state index in [2.05, 4.69) is 15.3 Å². The predicted molar refractivity (Wildman–Crippen MR) is 134 cm³/mol. The Bertz CT molecular complexity index is 1400. The Hall–Kier alpha value is -4.60. The number of benzene rings is 2. The summed E-state index contributed by atoms with van der Waals surface area (Å²) in [6.07, 6.45) is -0.959. The molecule has 10 heteroatoms. The summed E-state index contributed by atoms with van der Waals surface area (Å²) in [7, 11) is 0. The number of aliphatic imine (C=N–C) groups is 1. The first kappa shape index (κ1) is 25.5. The summed E-state index contributed by atoms with van der Waals surface area (Å²) >= 11 is 0. The number of aromatic nitrogens is 1. The minimum absolute atomic E-state index is 0.0797. The van der Waals surface area contributed by atoms with Gasteiger partial charge in [0.2, 0.25) is 6.17 Å². The lowest BCUT2D eigenvalue weighted by Gasteiger charge is -2.26. The second kappa shape index (κ2) is 10.2. The van der Waals surface area contributed by atoms with Crippen LogP contribution in [-0.2, 0) is 16.1 Å². The maximum absolute atomic E-state index is 14.9. The number of nitrogens with one attached hydrogen (secondary N) is 1. The monoisotopic (exact) mass is 504 g/mol. The van der Waals surface area contributed by atoms with Gasteiger partial charge < -0.3 is 14.7 Å². The summed E-state index contributed by atoms with van der Waals surface area (Å²) in [5.74, 6) is -2.44. The Morgan fingerprint density at radius 3 is 2.41 bits per heavy atom. The van der Waals surface area contributed by atoms with Crippen LogP contribution in [-0.4, -0.2) is 45.5 Å². The zero-order valence-electron chi connectivity index (χ0n) is 20.4. The number of ether oxygens (including phenoxy) is 1. The molecular weight excluding hydrogens is 479 g/mol. The van der Waals surface area contributed by atoms with Gasteiger partial charge in [-0.15, -0.1) is 0 Å². The van der Waals surface area contributed by atoms with E-state index < -0.39 is 35.6 Å². The quantitative estimate of drug-likeness (QED) is 0.538. The Labute approximate surface area is 212 Å². The number of benzodiazepines with no additional fused rings is 1. The van der Waals surface area contributed by atoms with Gasteiger partial charge in [-0.1, -0.05) is 30.3 Å². The molecule has 0 radical (unpaired) electrons. The molecule has 1 atom stereocenters. The maximum atomic E-state index is 14.9. The van der Waals surface area contributed by atoms with E-state index in [1.165, 1.54) is 41.4 Å². The molecule has 0 saturated carbocycles. The lowest BCUT2D eigenvalue weighted by atomic mass is 9.99. The fourth-order valence-electron chi connectivity index (χ4n) is 3.88. The van der Waals surface area contributed by atoms with Crippen molar-refractivity contribution in [2.75, 3.05) is 4.90 Å². The summed E-state index contributed by atoms with van der Waals surface area (Å²) in [6.45, 7) is 4.79. The fourth-order valence-corrected chi connectivity index (χ4v) is 3.88. The number of carboxylic acids is 1. The Balaban J connectivity index is 1.87. The highest BCUT2D eigenvalue weighted by Gasteiger charge is 2.35. The number of carbonyl (C=O) groups is 3. The number of fused-ring (bicyclic) bond motifs is 1. The summed E-state index contributed by atoms with van der Waals surface area (Å²) < 4.78 is 20.3. The van der Waals surface area contributed by atoms with Crippen LogP contribution in [0.3, 0.4) is 0 Å². The van der Waals surface area contributed by atoms with Gasteiger partial charge in [-0.3, -0.25) is 15.1 Å². The lowest BCUT2D eigenvalue weighted by Crippen LogP contribution is -2.48. The van der Waals surface area contributed by atoms with E-state index in [0.717, 1.165) is 0 Å². The number of nitrogens with zero attached hydrogens (tertiary/aromatic N) is 3. The van der Waals surface area contributed by atoms with Crippen molar-refractivity contribution < 1.29 is 28.6 Å². The van der Waals surface area contributed by atoms with Crippen LogP contribution in [0.5, 0.6) is 0 Å². The third-order valence-corrected chi connectivity index (χ3v) is 5.42. The van der Waals surface area contributed by atoms with Gasteiger partial charge in [0.15, 0.2) is 0 Å². The van der Waals surface area contributed by atoms with Crippen LogP contribution in [0.1, 0.15) is 48.0 Å². The second-order valence-corrected chi connectivity index (χ2v) is 9.25. The molecule has 0 bridgehead atoms. The first-order valence-electron chi connectivity index (χ1n) is 11.5. The van der Waals surface area contributed by atoms with Crippen molar-refractivity contribution in [3.8, 4) is 0 Å². The van der Waals surface area contributed by atoms with Crippen LogP contribution in [0.15, 0.2) is 71.9 Å². The minimum atomic E-state index is -1.49. The molecule has 0 fully saturated rings. The van der Waals surface area contributed by atoms with E-state index >= 15 is 0 Å². The Morgan fingerprint density at radius 1 is 1.05 bits per heavy atom. The van der Waals surface area contributed by atoms with Gasteiger partial charge in [0.05, 0.1) is 29.2 Å². The van der Waals surface area contributed by atoms with Gasteiger partial charge in [0.25, 0.3) is 5.91 Å². The van der Waals surface area contributed by atoms with Gasteiger partial charge >= 0.3 is 12.1 Å². The number of rotatable bonds is 5. The third kappa shape index (κ3) is 5.64. The number of amides is 2. The van der Waals surface area contributed by atoms with Crippen molar-refractivity contribution >= 4 is 29.4 Å². The van der Waals surface area contributed by atoms with Gasteiger partial charge in [-0.25, -0.2) is 19.0 Å². The van der Waals surface area contributed by atoms with Gasteiger partial charge in [-0.05, 0) is 51.1 Å². The highest BCUT2D eigenvalue weighted by atomic mass is 19.1.